The van der Waals surface area contributed by atoms with Gasteiger partial charge in [0, 0.05) is 26.7 Å². The lowest BCUT2D eigenvalue weighted by Gasteiger charge is -2.18. The maximum absolute atomic E-state index is 13.6. The Morgan fingerprint density at radius 1 is 0.795 bits per heavy atom. The highest BCUT2D eigenvalue weighted by Crippen LogP contribution is 2.37. The van der Waals surface area contributed by atoms with Crippen LogP contribution in [0, 0.1) is 5.82 Å². The van der Waals surface area contributed by atoms with E-state index in [0.29, 0.717) is 16.9 Å². The van der Waals surface area contributed by atoms with Gasteiger partial charge in [-0.1, -0.05) is 66.2 Å². The van der Waals surface area contributed by atoms with E-state index in [1.54, 1.807) is 54.6 Å². The van der Waals surface area contributed by atoms with Gasteiger partial charge in [-0.3, -0.25) is 14.4 Å². The van der Waals surface area contributed by atoms with Crippen LogP contribution in [0.4, 0.5) is 15.8 Å². The van der Waals surface area contributed by atoms with Crippen LogP contribution in [0.3, 0.4) is 0 Å². The molecule has 0 spiro atoms. The molecule has 0 aliphatic carbocycles. The number of rotatable bonds is 10. The topological polar surface area (TPSA) is 87.3 Å². The minimum Gasteiger partial charge on any atom is -0.325 e. The summed E-state index contributed by atoms with van der Waals surface area (Å²) >= 11 is 8.66. The molecule has 0 fully saturated rings. The number of carbonyl (C=O) groups is 3. The first-order valence-electron chi connectivity index (χ1n) is 13.4. The SMILES string of the molecule is O=C(Nc1ccc(SC(C(=O)Nc2ccc(F)c(Cl)c2)c2ccccc2)cc1)/C(=C/c1cccs1)NC(=O)c1ccccc1. The van der Waals surface area contributed by atoms with Crippen molar-refractivity contribution in [2.75, 3.05) is 10.6 Å². The van der Waals surface area contributed by atoms with E-state index in [1.165, 1.54) is 41.3 Å². The number of anilines is 2. The Hall–Kier alpha value is -4.70. The molecule has 0 radical (unpaired) electrons. The van der Waals surface area contributed by atoms with Crippen LogP contribution < -0.4 is 16.0 Å². The Morgan fingerprint density at radius 2 is 1.48 bits per heavy atom. The van der Waals surface area contributed by atoms with Gasteiger partial charge in [-0.05, 0) is 77.7 Å². The van der Waals surface area contributed by atoms with Gasteiger partial charge in [0.15, 0.2) is 0 Å². The van der Waals surface area contributed by atoms with Crippen molar-refractivity contribution in [1.29, 1.82) is 0 Å². The van der Waals surface area contributed by atoms with Gasteiger partial charge < -0.3 is 16.0 Å². The molecule has 0 aliphatic heterocycles. The van der Waals surface area contributed by atoms with Gasteiger partial charge in [0.2, 0.25) is 5.91 Å². The van der Waals surface area contributed by atoms with Crippen molar-refractivity contribution in [2.45, 2.75) is 10.1 Å². The lowest BCUT2D eigenvalue weighted by Crippen LogP contribution is -2.30. The van der Waals surface area contributed by atoms with Gasteiger partial charge in [0.1, 0.15) is 16.8 Å². The van der Waals surface area contributed by atoms with E-state index in [1.807, 2.05) is 53.9 Å². The number of hydrogen-bond donors (Lipinski definition) is 3. The first kappa shape index (κ1) is 30.7. The molecule has 44 heavy (non-hydrogen) atoms. The molecular formula is C34H25ClFN3O3S2. The summed E-state index contributed by atoms with van der Waals surface area (Å²) in [5.41, 5.74) is 2.19. The molecule has 1 atom stereocenters. The van der Waals surface area contributed by atoms with E-state index >= 15 is 0 Å². The van der Waals surface area contributed by atoms with Gasteiger partial charge in [0.05, 0.1) is 5.02 Å². The van der Waals surface area contributed by atoms with E-state index in [-0.39, 0.29) is 16.6 Å². The second kappa shape index (κ2) is 14.7. The number of carbonyl (C=O) groups excluding carboxylic acids is 3. The van der Waals surface area contributed by atoms with Crippen LogP contribution in [0.25, 0.3) is 6.08 Å². The van der Waals surface area contributed by atoms with Crippen molar-refractivity contribution in [3.8, 4) is 0 Å². The fraction of sp³-hybridized carbons (Fsp3) is 0.0294. The monoisotopic (exact) mass is 641 g/mol. The number of hydrogen-bond acceptors (Lipinski definition) is 5. The summed E-state index contributed by atoms with van der Waals surface area (Å²) in [6.07, 6.45) is 1.63. The highest BCUT2D eigenvalue weighted by atomic mass is 35.5. The largest absolute Gasteiger partial charge is 0.325 e. The minimum atomic E-state index is -0.631. The number of nitrogens with one attached hydrogen (secondary N) is 3. The number of benzene rings is 4. The highest BCUT2D eigenvalue weighted by molar-refractivity contribution is 8.00. The molecule has 1 unspecified atom stereocenters. The maximum atomic E-state index is 13.6. The lowest BCUT2D eigenvalue weighted by atomic mass is 10.1. The molecule has 220 valence electrons. The Balaban J connectivity index is 1.30. The number of amides is 3. The molecule has 1 heterocycles. The van der Waals surface area contributed by atoms with Gasteiger partial charge in [-0.15, -0.1) is 23.1 Å². The van der Waals surface area contributed by atoms with Gasteiger partial charge >= 0.3 is 0 Å². The second-order valence-electron chi connectivity index (χ2n) is 9.40. The molecule has 3 amide bonds. The Morgan fingerprint density at radius 3 is 2.14 bits per heavy atom. The molecule has 0 aliphatic rings. The summed E-state index contributed by atoms with van der Waals surface area (Å²) in [4.78, 5) is 41.0. The summed E-state index contributed by atoms with van der Waals surface area (Å²) in [5.74, 6) is -1.76. The molecule has 10 heteroatoms. The maximum Gasteiger partial charge on any atom is 0.272 e. The summed E-state index contributed by atoms with van der Waals surface area (Å²) in [7, 11) is 0. The molecule has 1 aromatic heterocycles. The van der Waals surface area contributed by atoms with Gasteiger partial charge in [-0.25, -0.2) is 4.39 Å². The van der Waals surface area contributed by atoms with Crippen LogP contribution in [0.15, 0.2) is 131 Å². The van der Waals surface area contributed by atoms with E-state index in [2.05, 4.69) is 16.0 Å². The van der Waals surface area contributed by atoms with E-state index in [4.69, 9.17) is 11.6 Å². The molecule has 6 nitrogen and oxygen atoms in total. The van der Waals surface area contributed by atoms with Gasteiger partial charge in [0.25, 0.3) is 11.8 Å². The third kappa shape index (κ3) is 8.23. The van der Waals surface area contributed by atoms with E-state index in [9.17, 15) is 18.8 Å². The highest BCUT2D eigenvalue weighted by Gasteiger charge is 2.23. The molecule has 0 saturated carbocycles. The van der Waals surface area contributed by atoms with Gasteiger partial charge in [-0.2, -0.15) is 0 Å². The zero-order valence-corrected chi connectivity index (χ0v) is 25.4. The van der Waals surface area contributed by atoms with Crippen molar-refractivity contribution < 1.29 is 18.8 Å². The molecule has 5 aromatic rings. The summed E-state index contributed by atoms with van der Waals surface area (Å²) < 4.78 is 13.6. The van der Waals surface area contributed by atoms with Crippen LogP contribution >= 0.6 is 34.7 Å². The van der Waals surface area contributed by atoms with Crippen molar-refractivity contribution in [3.63, 3.8) is 0 Å². The molecule has 0 saturated heterocycles. The second-order valence-corrected chi connectivity index (χ2v) is 12.0. The standard InChI is InChI=1S/C34H25ClFN3O3S2/c35-28-20-25(15-18-29(28)36)38-34(42)31(22-8-3-1-4-9-22)44-26-16-13-24(14-17-26)37-33(41)30(21-27-12-7-19-43-27)39-32(40)23-10-5-2-6-11-23/h1-21,31H,(H,37,41)(H,38,42)(H,39,40)/b30-21-. The lowest BCUT2D eigenvalue weighted by molar-refractivity contribution is -0.116. The summed E-state index contributed by atoms with van der Waals surface area (Å²) in [6.45, 7) is 0. The van der Waals surface area contributed by atoms with Crippen LogP contribution in [-0.4, -0.2) is 17.7 Å². The molecule has 4 aromatic carbocycles. The number of thiophene rings is 1. The predicted molar refractivity (Wildman–Crippen MR) is 176 cm³/mol. The van der Waals surface area contributed by atoms with Crippen LogP contribution in [-0.2, 0) is 9.59 Å². The normalized spacial score (nSPS) is 11.8. The van der Waals surface area contributed by atoms with Crippen LogP contribution in [0.2, 0.25) is 5.02 Å². The van der Waals surface area contributed by atoms with Crippen molar-refractivity contribution in [2.24, 2.45) is 0 Å². The third-order valence-electron chi connectivity index (χ3n) is 6.25. The van der Waals surface area contributed by atoms with E-state index in [0.717, 1.165) is 15.3 Å². The first-order valence-corrected chi connectivity index (χ1v) is 15.5. The third-order valence-corrected chi connectivity index (χ3v) is 8.63. The molecule has 0 bridgehead atoms. The van der Waals surface area contributed by atoms with Crippen molar-refractivity contribution >= 4 is 69.9 Å². The fourth-order valence-electron chi connectivity index (χ4n) is 4.09. The van der Waals surface area contributed by atoms with E-state index < -0.39 is 22.9 Å². The predicted octanol–water partition coefficient (Wildman–Crippen LogP) is 8.42. The summed E-state index contributed by atoms with van der Waals surface area (Å²) in [6, 6.07) is 32.7. The minimum absolute atomic E-state index is 0.0858. The quantitative estimate of drug-likeness (QED) is 0.106. The fourth-order valence-corrected chi connectivity index (χ4v) is 5.95. The van der Waals surface area contributed by atoms with Crippen molar-refractivity contribution in [1.82, 2.24) is 5.32 Å². The Bertz CT molecular complexity index is 1780. The number of thioether (sulfide) groups is 1. The average molecular weight is 642 g/mol. The summed E-state index contributed by atoms with van der Waals surface area (Å²) in [5, 5.41) is 9.55. The molecular weight excluding hydrogens is 617 g/mol. The smallest absolute Gasteiger partial charge is 0.272 e. The Kier molecular flexibility index (Phi) is 10.2. The van der Waals surface area contributed by atoms with Crippen LogP contribution in [0.1, 0.15) is 26.0 Å². The zero-order chi connectivity index (χ0) is 30.9. The average Bonchev–Trinajstić information content (AvgIpc) is 3.56. The van der Waals surface area contributed by atoms with Crippen molar-refractivity contribution in [3.05, 3.63) is 153 Å². The molecule has 5 rings (SSSR count). The Labute approximate surface area is 267 Å². The zero-order valence-electron chi connectivity index (χ0n) is 23.0. The molecule has 3 N–H and O–H groups in total. The number of halogens is 2. The van der Waals surface area contributed by atoms with Crippen LogP contribution in [0.5, 0.6) is 0 Å². The first-order chi connectivity index (χ1) is 21.4.